The van der Waals surface area contributed by atoms with Gasteiger partial charge in [0.2, 0.25) is 10.0 Å². The Balaban J connectivity index is 1.77. The Kier molecular flexibility index (Phi) is 4.28. The summed E-state index contributed by atoms with van der Waals surface area (Å²) in [6.07, 6.45) is 0.0442. The van der Waals surface area contributed by atoms with Crippen LogP contribution in [0.3, 0.4) is 0 Å². The maximum absolute atomic E-state index is 12.5. The average molecular weight is 333 g/mol. The van der Waals surface area contributed by atoms with E-state index < -0.39 is 10.0 Å². The van der Waals surface area contributed by atoms with Gasteiger partial charge in [-0.2, -0.15) is 0 Å². The summed E-state index contributed by atoms with van der Waals surface area (Å²) in [5, 5.41) is 0. The predicted molar refractivity (Wildman–Crippen MR) is 87.2 cm³/mol. The number of ether oxygens (including phenoxy) is 2. The summed E-state index contributed by atoms with van der Waals surface area (Å²) in [7, 11) is -3.62. The SMILES string of the molecule is CC(C)Oc1ccc(S(=O)(=O)NC2COc3ccccc32)cc1. The molecule has 0 spiro atoms. The first-order valence-electron chi connectivity index (χ1n) is 7.46. The molecule has 1 unspecified atom stereocenters. The summed E-state index contributed by atoms with van der Waals surface area (Å²) < 4.78 is 38.8. The van der Waals surface area contributed by atoms with Crippen LogP contribution in [-0.2, 0) is 10.0 Å². The molecule has 1 atom stereocenters. The molecule has 0 bridgehead atoms. The highest BCUT2D eigenvalue weighted by Gasteiger charge is 2.28. The normalized spacial score (nSPS) is 16.9. The number of benzene rings is 2. The smallest absolute Gasteiger partial charge is 0.241 e. The van der Waals surface area contributed by atoms with E-state index in [1.165, 1.54) is 0 Å². The van der Waals surface area contributed by atoms with Crippen LogP contribution in [0.5, 0.6) is 11.5 Å². The second-order valence-electron chi connectivity index (χ2n) is 5.66. The first kappa shape index (κ1) is 15.8. The molecule has 3 rings (SSSR count). The number of rotatable bonds is 5. The molecule has 0 amide bonds. The molecule has 0 aliphatic carbocycles. The van der Waals surface area contributed by atoms with Gasteiger partial charge in [0.15, 0.2) is 0 Å². The van der Waals surface area contributed by atoms with Gasteiger partial charge in [-0.1, -0.05) is 18.2 Å². The third-order valence-electron chi connectivity index (χ3n) is 3.50. The van der Waals surface area contributed by atoms with Crippen molar-refractivity contribution in [2.45, 2.75) is 30.9 Å². The van der Waals surface area contributed by atoms with E-state index in [0.717, 1.165) is 11.3 Å². The minimum Gasteiger partial charge on any atom is -0.491 e. The third-order valence-corrected chi connectivity index (χ3v) is 4.99. The van der Waals surface area contributed by atoms with Crippen molar-refractivity contribution in [3.63, 3.8) is 0 Å². The summed E-state index contributed by atoms with van der Waals surface area (Å²) in [6.45, 7) is 4.14. The molecule has 122 valence electrons. The minimum atomic E-state index is -3.62. The fourth-order valence-corrected chi connectivity index (χ4v) is 3.69. The van der Waals surface area contributed by atoms with Crippen molar-refractivity contribution in [1.82, 2.24) is 4.72 Å². The van der Waals surface area contributed by atoms with E-state index in [1.807, 2.05) is 38.1 Å². The molecule has 1 N–H and O–H groups in total. The Morgan fingerprint density at radius 1 is 1.13 bits per heavy atom. The molecule has 1 aliphatic rings. The van der Waals surface area contributed by atoms with Gasteiger partial charge in [0, 0.05) is 5.56 Å². The number of para-hydroxylation sites is 1. The van der Waals surface area contributed by atoms with E-state index in [-0.39, 0.29) is 17.0 Å². The van der Waals surface area contributed by atoms with Gasteiger partial charge in [0.25, 0.3) is 0 Å². The van der Waals surface area contributed by atoms with Crippen molar-refractivity contribution < 1.29 is 17.9 Å². The van der Waals surface area contributed by atoms with Crippen molar-refractivity contribution in [2.75, 3.05) is 6.61 Å². The Morgan fingerprint density at radius 3 is 2.52 bits per heavy atom. The lowest BCUT2D eigenvalue weighted by Crippen LogP contribution is -2.29. The molecule has 2 aromatic rings. The molecule has 6 heteroatoms. The molecule has 23 heavy (non-hydrogen) atoms. The Hall–Kier alpha value is -2.05. The molecular formula is C17H19NO4S. The van der Waals surface area contributed by atoms with Crippen LogP contribution in [0, 0.1) is 0 Å². The molecule has 5 nitrogen and oxygen atoms in total. The van der Waals surface area contributed by atoms with Crippen molar-refractivity contribution in [1.29, 1.82) is 0 Å². The van der Waals surface area contributed by atoms with Gasteiger partial charge in [-0.05, 0) is 44.2 Å². The van der Waals surface area contributed by atoms with Crippen molar-refractivity contribution in [3.05, 3.63) is 54.1 Å². The lowest BCUT2D eigenvalue weighted by Gasteiger charge is -2.13. The van der Waals surface area contributed by atoms with E-state index in [4.69, 9.17) is 9.47 Å². The summed E-state index contributed by atoms with van der Waals surface area (Å²) in [6, 6.07) is 13.5. The molecule has 0 saturated carbocycles. The Bertz CT molecular complexity index is 784. The molecule has 2 aromatic carbocycles. The molecule has 0 saturated heterocycles. The van der Waals surface area contributed by atoms with Gasteiger partial charge >= 0.3 is 0 Å². The van der Waals surface area contributed by atoms with Crippen LogP contribution in [0.25, 0.3) is 0 Å². The quantitative estimate of drug-likeness (QED) is 0.914. The van der Waals surface area contributed by atoms with Crippen molar-refractivity contribution >= 4 is 10.0 Å². The van der Waals surface area contributed by atoms with Gasteiger partial charge in [0.1, 0.15) is 18.1 Å². The lowest BCUT2D eigenvalue weighted by atomic mass is 10.1. The summed E-state index contributed by atoms with van der Waals surface area (Å²) in [4.78, 5) is 0.206. The van der Waals surface area contributed by atoms with Crippen LogP contribution in [0.15, 0.2) is 53.4 Å². The van der Waals surface area contributed by atoms with Gasteiger partial charge in [-0.15, -0.1) is 0 Å². The molecule has 1 aliphatic heterocycles. The van der Waals surface area contributed by atoms with Crippen LogP contribution in [-0.4, -0.2) is 21.1 Å². The van der Waals surface area contributed by atoms with E-state index in [0.29, 0.717) is 12.4 Å². The zero-order chi connectivity index (χ0) is 16.4. The summed E-state index contributed by atoms with van der Waals surface area (Å²) >= 11 is 0. The standard InChI is InChI=1S/C17H19NO4S/c1-12(2)22-13-7-9-14(10-8-13)23(19,20)18-16-11-21-17-6-4-3-5-15(16)17/h3-10,12,16,18H,11H2,1-2H3. The zero-order valence-electron chi connectivity index (χ0n) is 13.0. The maximum atomic E-state index is 12.5. The summed E-state index contributed by atoms with van der Waals surface area (Å²) in [5.41, 5.74) is 0.857. The highest BCUT2D eigenvalue weighted by Crippen LogP contribution is 2.32. The third kappa shape index (κ3) is 3.48. The molecular weight excluding hydrogens is 314 g/mol. The zero-order valence-corrected chi connectivity index (χ0v) is 13.8. The highest BCUT2D eigenvalue weighted by atomic mass is 32.2. The predicted octanol–water partition coefficient (Wildman–Crippen LogP) is 2.89. The molecule has 1 heterocycles. The van der Waals surface area contributed by atoms with Crippen LogP contribution in [0.1, 0.15) is 25.5 Å². The second kappa shape index (κ2) is 6.22. The van der Waals surface area contributed by atoms with Gasteiger partial charge in [0.05, 0.1) is 17.0 Å². The number of fused-ring (bicyclic) bond motifs is 1. The van der Waals surface area contributed by atoms with Gasteiger partial charge < -0.3 is 9.47 Å². The van der Waals surface area contributed by atoms with Gasteiger partial charge in [-0.3, -0.25) is 0 Å². The number of sulfonamides is 1. The van der Waals surface area contributed by atoms with E-state index in [2.05, 4.69) is 4.72 Å². The first-order valence-corrected chi connectivity index (χ1v) is 8.95. The summed E-state index contributed by atoms with van der Waals surface area (Å²) in [5.74, 6) is 1.37. The topological polar surface area (TPSA) is 64.6 Å². The van der Waals surface area contributed by atoms with Crippen LogP contribution < -0.4 is 14.2 Å². The fraction of sp³-hybridized carbons (Fsp3) is 0.294. The second-order valence-corrected chi connectivity index (χ2v) is 7.37. The molecule has 0 radical (unpaired) electrons. The molecule has 0 fully saturated rings. The fourth-order valence-electron chi connectivity index (χ4n) is 2.49. The number of hydrogen-bond acceptors (Lipinski definition) is 4. The minimum absolute atomic E-state index is 0.0442. The van der Waals surface area contributed by atoms with Crippen LogP contribution in [0.2, 0.25) is 0 Å². The van der Waals surface area contributed by atoms with Crippen molar-refractivity contribution in [2.24, 2.45) is 0 Å². The largest absolute Gasteiger partial charge is 0.491 e. The monoisotopic (exact) mass is 333 g/mol. The molecule has 0 aromatic heterocycles. The highest BCUT2D eigenvalue weighted by molar-refractivity contribution is 7.89. The average Bonchev–Trinajstić information content (AvgIpc) is 2.90. The van der Waals surface area contributed by atoms with Gasteiger partial charge in [-0.25, -0.2) is 13.1 Å². The lowest BCUT2D eigenvalue weighted by molar-refractivity contribution is 0.242. The maximum Gasteiger partial charge on any atom is 0.241 e. The first-order chi connectivity index (χ1) is 11.0. The van der Waals surface area contributed by atoms with Crippen LogP contribution >= 0.6 is 0 Å². The van der Waals surface area contributed by atoms with E-state index in [1.54, 1.807) is 24.3 Å². The van der Waals surface area contributed by atoms with E-state index >= 15 is 0 Å². The Labute approximate surface area is 136 Å². The van der Waals surface area contributed by atoms with E-state index in [9.17, 15) is 8.42 Å². The number of nitrogens with one attached hydrogen (secondary N) is 1. The Morgan fingerprint density at radius 2 is 1.83 bits per heavy atom. The number of hydrogen-bond donors (Lipinski definition) is 1. The van der Waals surface area contributed by atoms with Crippen LogP contribution in [0.4, 0.5) is 0 Å². The van der Waals surface area contributed by atoms with Crippen molar-refractivity contribution in [3.8, 4) is 11.5 Å².